The Kier molecular flexibility index (Phi) is 9.12. The number of hydrogen-bond donors (Lipinski definition) is 1. The number of nitrogens with one attached hydrogen (secondary N) is 1. The summed E-state index contributed by atoms with van der Waals surface area (Å²) in [6.07, 6.45) is 5.11. The molecule has 41 heavy (non-hydrogen) atoms. The molecule has 8 nitrogen and oxygen atoms in total. The van der Waals surface area contributed by atoms with Gasteiger partial charge in [0.15, 0.2) is 28.9 Å². The van der Waals surface area contributed by atoms with Gasteiger partial charge in [0.2, 0.25) is 0 Å². The van der Waals surface area contributed by atoms with Crippen LogP contribution in [0, 0.1) is 11.6 Å². The number of carbonyl (C=O) groups excluding carboxylic acids is 1. The second kappa shape index (κ2) is 13.3. The number of ketones is 1. The third-order valence-corrected chi connectivity index (χ3v) is 6.70. The zero-order valence-electron chi connectivity index (χ0n) is 22.6. The van der Waals surface area contributed by atoms with E-state index in [2.05, 4.69) is 20.2 Å². The highest BCUT2D eigenvalue weighted by Gasteiger charge is 2.14. The van der Waals surface area contributed by atoms with Gasteiger partial charge in [0, 0.05) is 42.3 Å². The van der Waals surface area contributed by atoms with Gasteiger partial charge in [-0.3, -0.25) is 9.69 Å². The van der Waals surface area contributed by atoms with Crippen LogP contribution in [0.15, 0.2) is 67.0 Å². The molecule has 0 bridgehead atoms. The Bertz CT molecular complexity index is 1540. The van der Waals surface area contributed by atoms with Crippen molar-refractivity contribution in [2.75, 3.05) is 51.9 Å². The van der Waals surface area contributed by atoms with Gasteiger partial charge in [-0.05, 0) is 60.5 Å². The summed E-state index contributed by atoms with van der Waals surface area (Å²) < 4.78 is 43.6. The molecule has 4 aromatic rings. The van der Waals surface area contributed by atoms with Crippen molar-refractivity contribution in [3.8, 4) is 11.5 Å². The molecule has 2 heterocycles. The van der Waals surface area contributed by atoms with Crippen molar-refractivity contribution >= 4 is 34.3 Å². The van der Waals surface area contributed by atoms with Crippen LogP contribution in [0.2, 0.25) is 0 Å². The average molecular weight is 561 g/mol. The van der Waals surface area contributed by atoms with E-state index < -0.39 is 11.6 Å². The average Bonchev–Trinajstić information content (AvgIpc) is 3.00. The van der Waals surface area contributed by atoms with E-state index >= 15 is 0 Å². The highest BCUT2D eigenvalue weighted by molar-refractivity contribution is 6.07. The maximum absolute atomic E-state index is 13.4. The summed E-state index contributed by atoms with van der Waals surface area (Å²) in [5.41, 5.74) is 2.24. The fourth-order valence-electron chi connectivity index (χ4n) is 4.47. The van der Waals surface area contributed by atoms with Gasteiger partial charge in [-0.15, -0.1) is 0 Å². The second-order valence-corrected chi connectivity index (χ2v) is 9.47. The summed E-state index contributed by atoms with van der Waals surface area (Å²) in [4.78, 5) is 23.7. The first-order chi connectivity index (χ1) is 20.0. The van der Waals surface area contributed by atoms with Crippen molar-refractivity contribution in [1.82, 2.24) is 14.9 Å². The monoisotopic (exact) mass is 560 g/mol. The van der Waals surface area contributed by atoms with E-state index in [9.17, 15) is 13.6 Å². The van der Waals surface area contributed by atoms with E-state index in [1.807, 2.05) is 12.1 Å². The minimum atomic E-state index is -0.965. The Morgan fingerprint density at radius 3 is 2.59 bits per heavy atom. The van der Waals surface area contributed by atoms with Crippen LogP contribution in [0.1, 0.15) is 22.3 Å². The van der Waals surface area contributed by atoms with Crippen LogP contribution in [-0.4, -0.2) is 67.2 Å². The Morgan fingerprint density at radius 1 is 1.02 bits per heavy atom. The van der Waals surface area contributed by atoms with Gasteiger partial charge >= 0.3 is 0 Å². The van der Waals surface area contributed by atoms with Gasteiger partial charge in [0.25, 0.3) is 0 Å². The number of morpholine rings is 1. The van der Waals surface area contributed by atoms with Gasteiger partial charge in [-0.25, -0.2) is 18.7 Å². The van der Waals surface area contributed by atoms with E-state index in [4.69, 9.17) is 14.2 Å². The van der Waals surface area contributed by atoms with E-state index in [1.165, 1.54) is 24.5 Å². The quantitative estimate of drug-likeness (QED) is 0.143. The molecule has 0 spiro atoms. The Labute approximate surface area is 236 Å². The maximum Gasteiger partial charge on any atom is 0.185 e. The van der Waals surface area contributed by atoms with Crippen LogP contribution in [-0.2, 0) is 4.74 Å². The molecule has 0 atom stereocenters. The standard InChI is InChI=1S/C31H30F2N4O4/c1-39-29-19-27-24(18-30(29)41-14-2-11-37-12-15-40-16-13-37)31(35-20-34-27)36-23-7-5-22(6-8-23)28(38)10-4-21-3-9-25(32)26(33)17-21/h3-10,17-20H,2,11-16H2,1H3,(H,34,35,36)/b10-4+. The minimum Gasteiger partial charge on any atom is -0.493 e. The zero-order chi connectivity index (χ0) is 28.6. The van der Waals surface area contributed by atoms with Crippen LogP contribution in [0.3, 0.4) is 0 Å². The van der Waals surface area contributed by atoms with Crippen LogP contribution in [0.25, 0.3) is 17.0 Å². The summed E-state index contributed by atoms with van der Waals surface area (Å²) in [5.74, 6) is -0.394. The maximum atomic E-state index is 13.4. The lowest BCUT2D eigenvalue weighted by Crippen LogP contribution is -2.37. The summed E-state index contributed by atoms with van der Waals surface area (Å²) >= 11 is 0. The van der Waals surface area contributed by atoms with E-state index in [0.717, 1.165) is 62.5 Å². The molecule has 0 saturated carbocycles. The molecule has 0 amide bonds. The predicted molar refractivity (Wildman–Crippen MR) is 153 cm³/mol. The van der Waals surface area contributed by atoms with Crippen LogP contribution in [0.4, 0.5) is 20.3 Å². The van der Waals surface area contributed by atoms with E-state index in [1.54, 1.807) is 31.4 Å². The molecule has 1 N–H and O–H groups in total. The van der Waals surface area contributed by atoms with Gasteiger partial charge < -0.3 is 19.5 Å². The lowest BCUT2D eigenvalue weighted by atomic mass is 10.1. The number of aromatic nitrogens is 2. The Hall–Kier alpha value is -4.41. The number of carbonyl (C=O) groups is 1. The molecule has 0 unspecified atom stereocenters. The molecule has 1 saturated heterocycles. The second-order valence-electron chi connectivity index (χ2n) is 9.47. The topological polar surface area (TPSA) is 85.8 Å². The first-order valence-electron chi connectivity index (χ1n) is 13.3. The summed E-state index contributed by atoms with van der Waals surface area (Å²) in [5, 5.41) is 4.04. The third kappa shape index (κ3) is 7.22. The molecular formula is C31H30F2N4O4. The largest absolute Gasteiger partial charge is 0.493 e. The molecule has 3 aromatic carbocycles. The van der Waals surface area contributed by atoms with Crippen LogP contribution >= 0.6 is 0 Å². The number of hydrogen-bond acceptors (Lipinski definition) is 8. The van der Waals surface area contributed by atoms with Crippen molar-refractivity contribution in [3.05, 3.63) is 89.8 Å². The number of ether oxygens (including phenoxy) is 3. The number of fused-ring (bicyclic) bond motifs is 1. The molecule has 0 radical (unpaired) electrons. The van der Waals surface area contributed by atoms with Gasteiger partial charge in [-0.2, -0.15) is 0 Å². The van der Waals surface area contributed by atoms with E-state index in [-0.39, 0.29) is 5.78 Å². The number of anilines is 2. The normalized spacial score (nSPS) is 13.9. The van der Waals surface area contributed by atoms with Gasteiger partial charge in [0.1, 0.15) is 12.1 Å². The number of halogens is 2. The highest BCUT2D eigenvalue weighted by Crippen LogP contribution is 2.35. The Balaban J connectivity index is 1.26. The number of methoxy groups -OCH3 is 1. The van der Waals surface area contributed by atoms with Crippen molar-refractivity contribution in [2.45, 2.75) is 6.42 Å². The molecule has 1 aromatic heterocycles. The SMILES string of the molecule is COc1cc2ncnc(Nc3ccc(C(=O)/C=C/c4ccc(F)c(F)c4)cc3)c2cc1OCCCN1CCOCC1. The number of rotatable bonds is 11. The number of nitrogens with zero attached hydrogens (tertiary/aromatic N) is 3. The van der Waals surface area contributed by atoms with Crippen molar-refractivity contribution < 1.29 is 27.8 Å². The predicted octanol–water partition coefficient (Wildman–Crippen LogP) is 5.66. The van der Waals surface area contributed by atoms with Crippen molar-refractivity contribution in [3.63, 3.8) is 0 Å². The number of benzene rings is 3. The lowest BCUT2D eigenvalue weighted by molar-refractivity contribution is 0.0357. The molecule has 1 aliphatic rings. The smallest absolute Gasteiger partial charge is 0.185 e. The van der Waals surface area contributed by atoms with Crippen molar-refractivity contribution in [2.24, 2.45) is 0 Å². The van der Waals surface area contributed by atoms with Gasteiger partial charge in [-0.1, -0.05) is 12.1 Å². The lowest BCUT2D eigenvalue weighted by Gasteiger charge is -2.26. The first kappa shape index (κ1) is 28.1. The minimum absolute atomic E-state index is 0.267. The van der Waals surface area contributed by atoms with Gasteiger partial charge in [0.05, 0.1) is 32.4 Å². The summed E-state index contributed by atoms with van der Waals surface area (Å²) in [6, 6.07) is 14.0. The van der Waals surface area contributed by atoms with E-state index in [0.29, 0.717) is 40.6 Å². The molecule has 0 aliphatic carbocycles. The molecule has 10 heteroatoms. The number of allylic oxidation sites excluding steroid dienone is 1. The third-order valence-electron chi connectivity index (χ3n) is 6.70. The van der Waals surface area contributed by atoms with Crippen molar-refractivity contribution in [1.29, 1.82) is 0 Å². The van der Waals surface area contributed by atoms with Crippen LogP contribution < -0.4 is 14.8 Å². The molecule has 5 rings (SSSR count). The summed E-state index contributed by atoms with van der Waals surface area (Å²) in [6.45, 7) is 4.89. The highest BCUT2D eigenvalue weighted by atomic mass is 19.2. The van der Waals surface area contributed by atoms with Crippen LogP contribution in [0.5, 0.6) is 11.5 Å². The zero-order valence-corrected chi connectivity index (χ0v) is 22.6. The summed E-state index contributed by atoms with van der Waals surface area (Å²) in [7, 11) is 1.60. The first-order valence-corrected chi connectivity index (χ1v) is 13.3. The fourth-order valence-corrected chi connectivity index (χ4v) is 4.47. The molecule has 1 aliphatic heterocycles. The Morgan fingerprint density at radius 2 is 1.83 bits per heavy atom. The molecule has 1 fully saturated rings. The molecule has 212 valence electrons. The fraction of sp³-hybridized carbons (Fsp3) is 0.258. The molecular weight excluding hydrogens is 530 g/mol.